The summed E-state index contributed by atoms with van der Waals surface area (Å²) in [7, 11) is 1.54. The summed E-state index contributed by atoms with van der Waals surface area (Å²) in [6.07, 6.45) is 3.75. The van der Waals surface area contributed by atoms with Crippen molar-refractivity contribution >= 4 is 11.7 Å². The molecule has 1 saturated heterocycles. The fraction of sp³-hybridized carbons (Fsp3) is 0.353. The second kappa shape index (κ2) is 7.80. The van der Waals surface area contributed by atoms with E-state index >= 15 is 0 Å². The molecule has 2 aromatic rings. The van der Waals surface area contributed by atoms with Gasteiger partial charge in [0.15, 0.2) is 5.82 Å². The van der Waals surface area contributed by atoms with Crippen molar-refractivity contribution in [2.45, 2.75) is 18.6 Å². The summed E-state index contributed by atoms with van der Waals surface area (Å²) >= 11 is 0. The number of carbonyl (C=O) groups is 1. The number of aromatic nitrogens is 2. The zero-order valence-electron chi connectivity index (χ0n) is 13.8. The number of nitrogens with one attached hydrogen (secondary N) is 1. The average molecular weight is 344 g/mol. The predicted molar refractivity (Wildman–Crippen MR) is 90.8 cm³/mol. The average Bonchev–Trinajstić information content (AvgIpc) is 2.64. The summed E-state index contributed by atoms with van der Waals surface area (Å²) in [5.74, 6) is 1.15. The Kier molecular flexibility index (Phi) is 5.30. The second-order valence-corrected chi connectivity index (χ2v) is 5.57. The first-order valence-corrected chi connectivity index (χ1v) is 7.93. The topological polar surface area (TPSA) is 109 Å². The lowest BCUT2D eigenvalue weighted by atomic mass is 10.1. The number of anilines is 1. The molecule has 0 spiro atoms. The Hall–Kier alpha value is -2.87. The maximum Gasteiger partial charge on any atom is 0.257 e. The van der Waals surface area contributed by atoms with Crippen molar-refractivity contribution in [3.63, 3.8) is 0 Å². The number of primary amides is 1. The van der Waals surface area contributed by atoms with Crippen LogP contribution in [-0.2, 0) is 4.74 Å². The molecule has 1 fully saturated rings. The molecule has 1 aliphatic heterocycles. The summed E-state index contributed by atoms with van der Waals surface area (Å²) in [5.41, 5.74) is 5.70. The lowest BCUT2D eigenvalue weighted by molar-refractivity contribution is 0.0146. The van der Waals surface area contributed by atoms with Crippen molar-refractivity contribution in [1.29, 1.82) is 0 Å². The van der Waals surface area contributed by atoms with Crippen molar-refractivity contribution in [3.8, 4) is 11.6 Å². The van der Waals surface area contributed by atoms with E-state index in [4.69, 9.17) is 19.9 Å². The molecule has 1 aromatic heterocycles. The van der Waals surface area contributed by atoms with Crippen molar-refractivity contribution < 1.29 is 19.0 Å². The molecule has 132 valence electrons. The Morgan fingerprint density at radius 2 is 2.04 bits per heavy atom. The minimum atomic E-state index is -0.466. The molecule has 8 heteroatoms. The summed E-state index contributed by atoms with van der Waals surface area (Å²) in [6, 6.07) is 6.64. The van der Waals surface area contributed by atoms with Crippen LogP contribution in [0.2, 0.25) is 0 Å². The van der Waals surface area contributed by atoms with E-state index in [0.29, 0.717) is 36.2 Å². The first kappa shape index (κ1) is 17.0. The molecule has 25 heavy (non-hydrogen) atoms. The van der Waals surface area contributed by atoms with E-state index in [0.717, 1.165) is 6.42 Å². The van der Waals surface area contributed by atoms with Crippen molar-refractivity contribution in [1.82, 2.24) is 9.97 Å². The summed E-state index contributed by atoms with van der Waals surface area (Å²) in [6.45, 7) is 1.09. The molecule has 0 radical (unpaired) electrons. The lowest BCUT2D eigenvalue weighted by Crippen LogP contribution is -2.45. The molecule has 1 aromatic carbocycles. The quantitative estimate of drug-likeness (QED) is 0.811. The van der Waals surface area contributed by atoms with E-state index in [9.17, 15) is 4.79 Å². The SMILES string of the molecule is COc1nccnc1N[C@@H]1COCC[C@H]1Oc1ccc(C(N)=O)cc1. The van der Waals surface area contributed by atoms with Crippen molar-refractivity contribution in [3.05, 3.63) is 42.2 Å². The van der Waals surface area contributed by atoms with Crippen LogP contribution in [0.25, 0.3) is 0 Å². The third kappa shape index (κ3) is 4.16. The number of hydrogen-bond donors (Lipinski definition) is 2. The molecule has 8 nitrogen and oxygen atoms in total. The number of methoxy groups -OCH3 is 1. The maximum absolute atomic E-state index is 11.1. The summed E-state index contributed by atoms with van der Waals surface area (Å²) < 4.78 is 16.8. The molecule has 0 unspecified atom stereocenters. The molecular weight excluding hydrogens is 324 g/mol. The third-order valence-electron chi connectivity index (χ3n) is 3.90. The fourth-order valence-corrected chi connectivity index (χ4v) is 2.62. The van der Waals surface area contributed by atoms with Gasteiger partial charge in [0, 0.05) is 24.4 Å². The molecule has 1 amide bonds. The number of hydrogen-bond acceptors (Lipinski definition) is 7. The number of benzene rings is 1. The standard InChI is InChI=1S/C17H20N4O4/c1-23-17-16(19-7-8-20-17)21-13-10-24-9-6-14(13)25-12-4-2-11(3-5-12)15(18)22/h2-5,7-8,13-14H,6,9-10H2,1H3,(H2,18,22)(H,19,21)/t13-,14-/m1/s1. The highest BCUT2D eigenvalue weighted by Crippen LogP contribution is 2.24. The normalized spacial score (nSPS) is 19.9. The van der Waals surface area contributed by atoms with Crippen LogP contribution in [0.15, 0.2) is 36.7 Å². The Morgan fingerprint density at radius 1 is 1.28 bits per heavy atom. The van der Waals surface area contributed by atoms with Gasteiger partial charge in [-0.05, 0) is 24.3 Å². The maximum atomic E-state index is 11.1. The van der Waals surface area contributed by atoms with Crippen LogP contribution in [-0.4, -0.2) is 48.3 Å². The van der Waals surface area contributed by atoms with Crippen LogP contribution >= 0.6 is 0 Å². The number of nitrogens with zero attached hydrogens (tertiary/aromatic N) is 2. The van der Waals surface area contributed by atoms with E-state index in [2.05, 4.69) is 15.3 Å². The largest absolute Gasteiger partial charge is 0.488 e. The van der Waals surface area contributed by atoms with Gasteiger partial charge < -0.3 is 25.3 Å². The molecule has 3 N–H and O–H groups in total. The highest BCUT2D eigenvalue weighted by atomic mass is 16.5. The summed E-state index contributed by atoms with van der Waals surface area (Å²) in [4.78, 5) is 19.5. The molecule has 0 saturated carbocycles. The Morgan fingerprint density at radius 3 is 2.76 bits per heavy atom. The third-order valence-corrected chi connectivity index (χ3v) is 3.90. The smallest absolute Gasteiger partial charge is 0.257 e. The highest BCUT2D eigenvalue weighted by molar-refractivity contribution is 5.92. The number of carbonyl (C=O) groups excluding carboxylic acids is 1. The van der Waals surface area contributed by atoms with Crippen molar-refractivity contribution in [2.24, 2.45) is 5.73 Å². The van der Waals surface area contributed by atoms with Gasteiger partial charge in [0.05, 0.1) is 26.4 Å². The van der Waals surface area contributed by atoms with Gasteiger partial charge in [0.1, 0.15) is 11.9 Å². The molecule has 2 atom stereocenters. The molecule has 0 aliphatic carbocycles. The molecule has 3 rings (SSSR count). The monoisotopic (exact) mass is 344 g/mol. The second-order valence-electron chi connectivity index (χ2n) is 5.57. The molecule has 0 bridgehead atoms. The molecular formula is C17H20N4O4. The Labute approximate surface area is 145 Å². The molecule has 1 aliphatic rings. The summed E-state index contributed by atoms with van der Waals surface area (Å²) in [5, 5.41) is 3.28. The minimum Gasteiger partial charge on any atom is -0.488 e. The van der Waals surface area contributed by atoms with Gasteiger partial charge in [-0.3, -0.25) is 4.79 Å². The van der Waals surface area contributed by atoms with Crippen LogP contribution in [0, 0.1) is 0 Å². The first-order valence-electron chi connectivity index (χ1n) is 7.93. The first-order chi connectivity index (χ1) is 12.2. The van der Waals surface area contributed by atoms with Crippen LogP contribution < -0.4 is 20.5 Å². The molecule has 2 heterocycles. The van der Waals surface area contributed by atoms with Gasteiger partial charge in [-0.15, -0.1) is 0 Å². The van der Waals surface area contributed by atoms with Gasteiger partial charge >= 0.3 is 0 Å². The van der Waals surface area contributed by atoms with E-state index < -0.39 is 5.91 Å². The number of amides is 1. The van der Waals surface area contributed by atoms with Crippen LogP contribution in [0.5, 0.6) is 11.6 Å². The number of ether oxygens (including phenoxy) is 3. The Bertz CT molecular complexity index is 723. The van der Waals surface area contributed by atoms with Gasteiger partial charge in [0.25, 0.3) is 5.88 Å². The minimum absolute atomic E-state index is 0.116. The van der Waals surface area contributed by atoms with E-state index in [-0.39, 0.29) is 12.1 Å². The van der Waals surface area contributed by atoms with E-state index in [1.165, 1.54) is 0 Å². The van der Waals surface area contributed by atoms with Crippen molar-refractivity contribution in [2.75, 3.05) is 25.6 Å². The lowest BCUT2D eigenvalue weighted by Gasteiger charge is -2.32. The van der Waals surface area contributed by atoms with Crippen LogP contribution in [0.1, 0.15) is 16.8 Å². The number of nitrogens with two attached hydrogens (primary N) is 1. The van der Waals surface area contributed by atoms with E-state index in [1.807, 2.05) is 0 Å². The van der Waals surface area contributed by atoms with Gasteiger partial charge in [-0.2, -0.15) is 0 Å². The highest BCUT2D eigenvalue weighted by Gasteiger charge is 2.29. The van der Waals surface area contributed by atoms with Crippen LogP contribution in [0.4, 0.5) is 5.82 Å². The van der Waals surface area contributed by atoms with Gasteiger partial charge in [-0.1, -0.05) is 0 Å². The zero-order valence-corrected chi connectivity index (χ0v) is 13.8. The zero-order chi connectivity index (χ0) is 17.6. The van der Waals surface area contributed by atoms with E-state index in [1.54, 1.807) is 43.8 Å². The predicted octanol–water partition coefficient (Wildman–Crippen LogP) is 1.23. The van der Waals surface area contributed by atoms with Gasteiger partial charge in [0.2, 0.25) is 5.91 Å². The number of rotatable bonds is 6. The fourth-order valence-electron chi connectivity index (χ4n) is 2.62. The van der Waals surface area contributed by atoms with Gasteiger partial charge in [-0.25, -0.2) is 9.97 Å². The Balaban J connectivity index is 1.71. The van der Waals surface area contributed by atoms with Crippen LogP contribution in [0.3, 0.4) is 0 Å².